The van der Waals surface area contributed by atoms with E-state index in [-0.39, 0.29) is 11.9 Å². The predicted octanol–water partition coefficient (Wildman–Crippen LogP) is 1.59. The number of likely N-dealkylation sites (N-methyl/N-ethyl adjacent to an activating group) is 1. The number of nitrogens with zero attached hydrogens (tertiary/aromatic N) is 3. The zero-order valence-corrected chi connectivity index (χ0v) is 13.9. The molecule has 0 saturated carbocycles. The number of aromatic nitrogens is 1. The molecule has 0 aliphatic carbocycles. The second kappa shape index (κ2) is 7.42. The number of nitrogens with two attached hydrogens (primary N) is 1. The topological polar surface area (TPSA) is 74.5 Å². The van der Waals surface area contributed by atoms with Gasteiger partial charge >= 0.3 is 0 Å². The molecular weight excluding hydrogens is 302 g/mol. The molecule has 1 aliphatic rings. The Balaban J connectivity index is 1.69. The molecule has 1 aromatic heterocycles. The Morgan fingerprint density at radius 2 is 2.04 bits per heavy atom. The first-order chi connectivity index (χ1) is 11.6. The highest BCUT2D eigenvalue weighted by Gasteiger charge is 2.28. The number of carbonyl (C=O) groups excluding carboxylic acids is 1. The molecule has 0 bridgehead atoms. The lowest BCUT2D eigenvalue weighted by atomic mass is 10.0. The van der Waals surface area contributed by atoms with E-state index >= 15 is 0 Å². The molecule has 2 heterocycles. The van der Waals surface area contributed by atoms with Crippen molar-refractivity contribution in [3.63, 3.8) is 0 Å². The first-order valence-electron chi connectivity index (χ1n) is 8.11. The van der Waals surface area contributed by atoms with Crippen LogP contribution in [0.3, 0.4) is 0 Å². The highest BCUT2D eigenvalue weighted by molar-refractivity contribution is 5.92. The SMILES string of the molecule is CN1CCN(CC(=O)Nc2ccccc2)C(c2ccc(N)nc2)C1. The maximum atomic E-state index is 12.4. The third-order valence-electron chi connectivity index (χ3n) is 4.29. The molecule has 1 aliphatic heterocycles. The van der Waals surface area contributed by atoms with Gasteiger partial charge in [-0.25, -0.2) is 4.98 Å². The van der Waals surface area contributed by atoms with E-state index in [0.29, 0.717) is 12.4 Å². The molecule has 6 nitrogen and oxygen atoms in total. The average Bonchev–Trinajstić information content (AvgIpc) is 2.58. The van der Waals surface area contributed by atoms with E-state index in [2.05, 4.69) is 27.1 Å². The van der Waals surface area contributed by atoms with Crippen LogP contribution < -0.4 is 11.1 Å². The van der Waals surface area contributed by atoms with Crippen LogP contribution in [-0.2, 0) is 4.79 Å². The van der Waals surface area contributed by atoms with Crippen LogP contribution in [0.4, 0.5) is 11.5 Å². The fourth-order valence-corrected chi connectivity index (χ4v) is 2.98. The number of piperazine rings is 1. The molecule has 1 fully saturated rings. The molecular formula is C18H23N5O. The normalized spacial score (nSPS) is 19.1. The zero-order chi connectivity index (χ0) is 16.9. The summed E-state index contributed by atoms with van der Waals surface area (Å²) in [7, 11) is 2.10. The van der Waals surface area contributed by atoms with Gasteiger partial charge in [0.1, 0.15) is 5.82 Å². The molecule has 1 aromatic carbocycles. The summed E-state index contributed by atoms with van der Waals surface area (Å²) in [5.41, 5.74) is 7.59. The maximum absolute atomic E-state index is 12.4. The summed E-state index contributed by atoms with van der Waals surface area (Å²) in [6.45, 7) is 3.01. The smallest absolute Gasteiger partial charge is 0.238 e. The van der Waals surface area contributed by atoms with Crippen molar-refractivity contribution >= 4 is 17.4 Å². The minimum absolute atomic E-state index is 0.000780. The van der Waals surface area contributed by atoms with Crippen molar-refractivity contribution in [1.82, 2.24) is 14.8 Å². The van der Waals surface area contributed by atoms with Crippen LogP contribution in [0.5, 0.6) is 0 Å². The largest absolute Gasteiger partial charge is 0.384 e. The van der Waals surface area contributed by atoms with Gasteiger partial charge in [0.2, 0.25) is 5.91 Å². The van der Waals surface area contributed by atoms with Gasteiger partial charge in [-0.05, 0) is 30.8 Å². The molecule has 24 heavy (non-hydrogen) atoms. The third-order valence-corrected chi connectivity index (χ3v) is 4.29. The standard InChI is InChI=1S/C18H23N5O/c1-22-9-10-23(13-18(24)21-15-5-3-2-4-6-15)16(12-22)14-7-8-17(19)20-11-14/h2-8,11,16H,9-10,12-13H2,1H3,(H2,19,20)(H,21,24). The Bertz CT molecular complexity index is 674. The molecule has 0 radical (unpaired) electrons. The van der Waals surface area contributed by atoms with E-state index in [1.54, 1.807) is 6.20 Å². The molecule has 1 amide bonds. The van der Waals surface area contributed by atoms with Gasteiger partial charge in [0, 0.05) is 37.6 Å². The van der Waals surface area contributed by atoms with E-state index in [1.165, 1.54) is 0 Å². The number of nitrogens with one attached hydrogen (secondary N) is 1. The van der Waals surface area contributed by atoms with Gasteiger partial charge in [0.15, 0.2) is 0 Å². The number of para-hydroxylation sites is 1. The summed E-state index contributed by atoms with van der Waals surface area (Å²) < 4.78 is 0. The Morgan fingerprint density at radius 1 is 1.25 bits per heavy atom. The molecule has 6 heteroatoms. The minimum atomic E-state index is -0.000780. The van der Waals surface area contributed by atoms with Crippen molar-refractivity contribution < 1.29 is 4.79 Å². The molecule has 3 rings (SSSR count). The highest BCUT2D eigenvalue weighted by Crippen LogP contribution is 2.24. The first kappa shape index (κ1) is 16.4. The predicted molar refractivity (Wildman–Crippen MR) is 95.5 cm³/mol. The van der Waals surface area contributed by atoms with Crippen molar-refractivity contribution in [2.24, 2.45) is 0 Å². The second-order valence-corrected chi connectivity index (χ2v) is 6.18. The monoisotopic (exact) mass is 325 g/mol. The van der Waals surface area contributed by atoms with Crippen LogP contribution >= 0.6 is 0 Å². The van der Waals surface area contributed by atoms with Crippen LogP contribution in [0.1, 0.15) is 11.6 Å². The summed E-state index contributed by atoms with van der Waals surface area (Å²) in [5, 5.41) is 2.95. The van der Waals surface area contributed by atoms with E-state index < -0.39 is 0 Å². The molecule has 3 N–H and O–H groups in total. The molecule has 1 unspecified atom stereocenters. The van der Waals surface area contributed by atoms with Gasteiger partial charge in [-0.1, -0.05) is 24.3 Å². The van der Waals surface area contributed by atoms with E-state index in [4.69, 9.17) is 5.73 Å². The number of hydrogen-bond acceptors (Lipinski definition) is 5. The second-order valence-electron chi connectivity index (χ2n) is 6.18. The highest BCUT2D eigenvalue weighted by atomic mass is 16.2. The fraction of sp³-hybridized carbons (Fsp3) is 0.333. The molecule has 1 saturated heterocycles. The zero-order valence-electron chi connectivity index (χ0n) is 13.9. The third kappa shape index (κ3) is 4.10. The number of pyridine rings is 1. The lowest BCUT2D eigenvalue weighted by Crippen LogP contribution is -2.49. The van der Waals surface area contributed by atoms with Gasteiger partial charge in [0.05, 0.1) is 6.54 Å². The summed E-state index contributed by atoms with van der Waals surface area (Å²) in [6, 6.07) is 13.5. The molecule has 0 spiro atoms. The lowest BCUT2D eigenvalue weighted by molar-refractivity contribution is -0.118. The summed E-state index contributed by atoms with van der Waals surface area (Å²) in [5.74, 6) is 0.510. The van der Waals surface area contributed by atoms with Crippen molar-refractivity contribution in [3.05, 3.63) is 54.2 Å². The summed E-state index contributed by atoms with van der Waals surface area (Å²) >= 11 is 0. The quantitative estimate of drug-likeness (QED) is 0.893. The summed E-state index contributed by atoms with van der Waals surface area (Å²) in [6.07, 6.45) is 1.81. The van der Waals surface area contributed by atoms with Gasteiger partial charge in [-0.3, -0.25) is 9.69 Å². The minimum Gasteiger partial charge on any atom is -0.384 e. The first-order valence-corrected chi connectivity index (χ1v) is 8.11. The average molecular weight is 325 g/mol. The summed E-state index contributed by atoms with van der Waals surface area (Å²) in [4.78, 5) is 21.1. The molecule has 1 atom stereocenters. The Labute approximate surface area is 142 Å². The van der Waals surface area contributed by atoms with Gasteiger partial charge < -0.3 is 16.0 Å². The molecule has 2 aromatic rings. The van der Waals surface area contributed by atoms with Crippen LogP contribution in [0.2, 0.25) is 0 Å². The number of anilines is 2. The number of hydrogen-bond donors (Lipinski definition) is 2. The maximum Gasteiger partial charge on any atom is 0.238 e. The van der Waals surface area contributed by atoms with Gasteiger partial charge in [0.25, 0.3) is 0 Å². The van der Waals surface area contributed by atoms with Crippen LogP contribution in [0.15, 0.2) is 48.7 Å². The number of amides is 1. The number of benzene rings is 1. The Kier molecular flexibility index (Phi) is 5.08. The number of carbonyl (C=O) groups is 1. The Hall–Kier alpha value is -2.44. The lowest BCUT2D eigenvalue weighted by Gasteiger charge is -2.39. The van der Waals surface area contributed by atoms with Gasteiger partial charge in [-0.15, -0.1) is 0 Å². The number of rotatable bonds is 4. The van der Waals surface area contributed by atoms with Crippen LogP contribution in [0.25, 0.3) is 0 Å². The van der Waals surface area contributed by atoms with Crippen molar-refractivity contribution in [1.29, 1.82) is 0 Å². The van der Waals surface area contributed by atoms with Crippen molar-refractivity contribution in [2.45, 2.75) is 6.04 Å². The van der Waals surface area contributed by atoms with Crippen molar-refractivity contribution in [2.75, 3.05) is 44.3 Å². The van der Waals surface area contributed by atoms with Gasteiger partial charge in [-0.2, -0.15) is 0 Å². The van der Waals surface area contributed by atoms with Crippen LogP contribution in [0, 0.1) is 0 Å². The van der Waals surface area contributed by atoms with Crippen molar-refractivity contribution in [3.8, 4) is 0 Å². The van der Waals surface area contributed by atoms with E-state index in [0.717, 1.165) is 30.9 Å². The van der Waals surface area contributed by atoms with E-state index in [9.17, 15) is 4.79 Å². The Morgan fingerprint density at radius 3 is 2.75 bits per heavy atom. The molecule has 126 valence electrons. The number of nitrogen functional groups attached to an aromatic ring is 1. The van der Waals surface area contributed by atoms with Crippen LogP contribution in [-0.4, -0.2) is 53.9 Å². The fourth-order valence-electron chi connectivity index (χ4n) is 2.98. The van der Waals surface area contributed by atoms with E-state index in [1.807, 2.05) is 42.5 Å².